The normalized spacial score (nSPS) is 32.3. The number of pyridine rings is 1. The van der Waals surface area contributed by atoms with Crippen molar-refractivity contribution in [3.05, 3.63) is 29.6 Å². The third-order valence-electron chi connectivity index (χ3n) is 6.95. The average Bonchev–Trinajstić information content (AvgIpc) is 3.03. The molecule has 0 spiro atoms. The quantitative estimate of drug-likeness (QED) is 0.727. The standard InChI is InChI=1S/C20H30N4O4S/c1-28-20(15-6-7-22-18(12-15)19(21)25)16-4-2-5-17(20)14-23(13-16)9-10-24-8-3-11-29(24,26)27/h6-7,12,16-17H,2-5,8-11,13-14H2,1H3,(H2,21,25)/t16-,17+,20?. The van der Waals surface area contributed by atoms with Gasteiger partial charge >= 0.3 is 0 Å². The number of hydrogen-bond acceptors (Lipinski definition) is 6. The maximum atomic E-state index is 12.1. The Labute approximate surface area is 172 Å². The number of fused-ring (bicyclic) bond motifs is 2. The van der Waals surface area contributed by atoms with Crippen molar-refractivity contribution in [2.75, 3.05) is 45.6 Å². The minimum atomic E-state index is -3.06. The van der Waals surface area contributed by atoms with Crippen molar-refractivity contribution in [3.63, 3.8) is 0 Å². The number of nitrogens with two attached hydrogens (primary N) is 1. The SMILES string of the molecule is COC1(c2ccnc(C(N)=O)c2)[C@@H]2CCC[C@H]1CN(CCN1CCCS1(=O)=O)C2. The number of rotatable bonds is 6. The number of ether oxygens (including phenoxy) is 1. The first kappa shape index (κ1) is 20.7. The Bertz CT molecular complexity index is 861. The first-order chi connectivity index (χ1) is 13.9. The molecular weight excluding hydrogens is 392 g/mol. The maximum Gasteiger partial charge on any atom is 0.267 e. The van der Waals surface area contributed by atoms with E-state index in [9.17, 15) is 13.2 Å². The molecule has 2 bridgehead atoms. The van der Waals surface area contributed by atoms with Gasteiger partial charge in [-0.3, -0.25) is 9.78 Å². The average molecular weight is 423 g/mol. The second kappa shape index (κ2) is 7.94. The number of methoxy groups -OCH3 is 1. The fourth-order valence-corrected chi connectivity index (χ4v) is 7.15. The number of amides is 1. The van der Waals surface area contributed by atoms with Crippen molar-refractivity contribution >= 4 is 15.9 Å². The van der Waals surface area contributed by atoms with Crippen molar-refractivity contribution in [3.8, 4) is 0 Å². The van der Waals surface area contributed by atoms with Crippen LogP contribution in [0.5, 0.6) is 0 Å². The van der Waals surface area contributed by atoms with Crippen LogP contribution in [-0.2, 0) is 20.4 Å². The van der Waals surface area contributed by atoms with Gasteiger partial charge in [-0.25, -0.2) is 12.7 Å². The first-order valence-electron chi connectivity index (χ1n) is 10.4. The summed E-state index contributed by atoms with van der Waals surface area (Å²) in [5.41, 5.74) is 6.23. The summed E-state index contributed by atoms with van der Waals surface area (Å²) in [6.07, 6.45) is 5.60. The highest BCUT2D eigenvalue weighted by Crippen LogP contribution is 2.51. The van der Waals surface area contributed by atoms with Gasteiger partial charge in [-0.15, -0.1) is 0 Å². The van der Waals surface area contributed by atoms with Gasteiger partial charge in [0.25, 0.3) is 5.91 Å². The third-order valence-corrected chi connectivity index (χ3v) is 8.90. The van der Waals surface area contributed by atoms with Crippen LogP contribution in [0.15, 0.2) is 18.3 Å². The Morgan fingerprint density at radius 1 is 1.28 bits per heavy atom. The molecule has 1 aliphatic carbocycles. The Morgan fingerprint density at radius 3 is 2.59 bits per heavy atom. The molecule has 0 radical (unpaired) electrons. The lowest BCUT2D eigenvalue weighted by Gasteiger charge is -2.55. The van der Waals surface area contributed by atoms with Crippen LogP contribution in [0.1, 0.15) is 41.7 Å². The minimum Gasteiger partial charge on any atom is -0.373 e. The molecule has 1 aromatic heterocycles. The van der Waals surface area contributed by atoms with E-state index in [4.69, 9.17) is 10.5 Å². The number of aromatic nitrogens is 1. The molecule has 160 valence electrons. The highest BCUT2D eigenvalue weighted by molar-refractivity contribution is 7.89. The molecular formula is C20H30N4O4S. The van der Waals surface area contributed by atoms with E-state index in [1.807, 2.05) is 6.07 Å². The van der Waals surface area contributed by atoms with Crippen molar-refractivity contribution in [2.24, 2.45) is 17.6 Å². The second-order valence-electron chi connectivity index (χ2n) is 8.44. The lowest BCUT2D eigenvalue weighted by atomic mass is 9.62. The van der Waals surface area contributed by atoms with Gasteiger partial charge in [-0.05, 0) is 37.0 Å². The van der Waals surface area contributed by atoms with Crippen LogP contribution in [0.2, 0.25) is 0 Å². The zero-order valence-corrected chi connectivity index (χ0v) is 17.7. The summed E-state index contributed by atoms with van der Waals surface area (Å²) >= 11 is 0. The lowest BCUT2D eigenvalue weighted by Crippen LogP contribution is -2.59. The number of piperidine rings is 1. The molecule has 2 aliphatic heterocycles. The van der Waals surface area contributed by atoms with Gasteiger partial charge in [0.05, 0.1) is 5.75 Å². The molecule has 1 saturated carbocycles. The largest absolute Gasteiger partial charge is 0.373 e. The molecule has 9 heteroatoms. The summed E-state index contributed by atoms with van der Waals surface area (Å²) in [4.78, 5) is 18.1. The van der Waals surface area contributed by atoms with E-state index in [-0.39, 0.29) is 23.3 Å². The molecule has 8 nitrogen and oxygen atoms in total. The van der Waals surface area contributed by atoms with Crippen LogP contribution >= 0.6 is 0 Å². The molecule has 2 saturated heterocycles. The number of nitrogens with zero attached hydrogens (tertiary/aromatic N) is 3. The molecule has 4 rings (SSSR count). The second-order valence-corrected chi connectivity index (χ2v) is 10.5. The Morgan fingerprint density at radius 2 is 2.00 bits per heavy atom. The Balaban J connectivity index is 1.54. The molecule has 0 aromatic carbocycles. The smallest absolute Gasteiger partial charge is 0.267 e. The topological polar surface area (TPSA) is 106 Å². The van der Waals surface area contributed by atoms with Crippen LogP contribution in [-0.4, -0.2) is 74.1 Å². The predicted molar refractivity (Wildman–Crippen MR) is 109 cm³/mol. The van der Waals surface area contributed by atoms with Gasteiger partial charge < -0.3 is 15.4 Å². The molecule has 29 heavy (non-hydrogen) atoms. The van der Waals surface area contributed by atoms with E-state index in [0.717, 1.165) is 50.9 Å². The highest BCUT2D eigenvalue weighted by Gasteiger charge is 2.53. The summed E-state index contributed by atoms with van der Waals surface area (Å²) in [5, 5.41) is 0. The van der Waals surface area contributed by atoms with E-state index in [2.05, 4.69) is 9.88 Å². The maximum absolute atomic E-state index is 12.1. The van der Waals surface area contributed by atoms with Crippen molar-refractivity contribution < 1.29 is 17.9 Å². The van der Waals surface area contributed by atoms with Crippen molar-refractivity contribution in [2.45, 2.75) is 31.3 Å². The number of primary amides is 1. The summed E-state index contributed by atoms with van der Waals surface area (Å²) in [6, 6.07) is 3.72. The van der Waals surface area contributed by atoms with Gasteiger partial charge in [0, 0.05) is 57.9 Å². The third kappa shape index (κ3) is 3.69. The van der Waals surface area contributed by atoms with Crippen LogP contribution in [0, 0.1) is 11.8 Å². The summed E-state index contributed by atoms with van der Waals surface area (Å²) in [5.74, 6) is 0.291. The zero-order valence-electron chi connectivity index (χ0n) is 16.9. The van der Waals surface area contributed by atoms with Gasteiger partial charge in [-0.1, -0.05) is 6.42 Å². The van der Waals surface area contributed by atoms with Gasteiger partial charge in [-0.2, -0.15) is 0 Å². The summed E-state index contributed by atoms with van der Waals surface area (Å²) in [6.45, 7) is 3.65. The zero-order chi connectivity index (χ0) is 20.6. The van der Waals surface area contributed by atoms with E-state index in [1.54, 1.807) is 23.7 Å². The fraction of sp³-hybridized carbons (Fsp3) is 0.700. The molecule has 3 aliphatic rings. The number of sulfonamides is 1. The highest BCUT2D eigenvalue weighted by atomic mass is 32.2. The van der Waals surface area contributed by atoms with E-state index in [0.29, 0.717) is 13.1 Å². The first-order valence-corrected chi connectivity index (χ1v) is 12.0. The number of hydrogen-bond donors (Lipinski definition) is 1. The summed E-state index contributed by atoms with van der Waals surface area (Å²) < 4.78 is 32.0. The Hall–Kier alpha value is -1.55. The van der Waals surface area contributed by atoms with E-state index in [1.165, 1.54) is 0 Å². The molecule has 3 atom stereocenters. The number of carbonyl (C=O) groups excluding carboxylic acids is 1. The van der Waals surface area contributed by atoms with Gasteiger partial charge in [0.15, 0.2) is 0 Å². The van der Waals surface area contributed by atoms with Crippen LogP contribution in [0.4, 0.5) is 0 Å². The molecule has 1 unspecified atom stereocenters. The molecule has 1 aromatic rings. The van der Waals surface area contributed by atoms with E-state index >= 15 is 0 Å². The fourth-order valence-electron chi connectivity index (χ4n) is 5.63. The molecule has 2 N–H and O–H groups in total. The Kier molecular flexibility index (Phi) is 5.67. The van der Waals surface area contributed by atoms with Gasteiger partial charge in [0.1, 0.15) is 11.3 Å². The van der Waals surface area contributed by atoms with Crippen molar-refractivity contribution in [1.82, 2.24) is 14.2 Å². The monoisotopic (exact) mass is 422 g/mol. The molecule has 3 heterocycles. The lowest BCUT2D eigenvalue weighted by molar-refractivity contribution is -0.169. The van der Waals surface area contributed by atoms with Gasteiger partial charge in [0.2, 0.25) is 10.0 Å². The number of likely N-dealkylation sites (tertiary alicyclic amines) is 1. The predicted octanol–water partition coefficient (Wildman–Crippen LogP) is 0.790. The van der Waals surface area contributed by atoms with Crippen molar-refractivity contribution in [1.29, 1.82) is 0 Å². The van der Waals surface area contributed by atoms with Crippen LogP contribution in [0.3, 0.4) is 0 Å². The van der Waals surface area contributed by atoms with Crippen LogP contribution < -0.4 is 5.73 Å². The van der Waals surface area contributed by atoms with Crippen LogP contribution in [0.25, 0.3) is 0 Å². The van der Waals surface area contributed by atoms with E-state index < -0.39 is 21.5 Å². The molecule has 3 fully saturated rings. The minimum absolute atomic E-state index is 0.263. The summed E-state index contributed by atoms with van der Waals surface area (Å²) in [7, 11) is -1.31. The molecule has 1 amide bonds. The number of carbonyl (C=O) groups is 1.